The van der Waals surface area contributed by atoms with E-state index in [-0.39, 0.29) is 13.2 Å². The highest BCUT2D eigenvalue weighted by molar-refractivity contribution is 5.29. The van der Waals surface area contributed by atoms with E-state index in [0.29, 0.717) is 6.04 Å². The third kappa shape index (κ3) is 6.23. The lowest BCUT2D eigenvalue weighted by molar-refractivity contribution is 0.282. The number of aliphatic hydroxyl groups excluding tert-OH is 1. The SMILES string of the molecule is CC(NCCCCCO)c1ccc(OCC#N)cc1. The molecule has 1 unspecified atom stereocenters. The highest BCUT2D eigenvalue weighted by Crippen LogP contribution is 2.17. The molecule has 0 aliphatic carbocycles. The van der Waals surface area contributed by atoms with Gasteiger partial charge in [0.15, 0.2) is 6.61 Å². The number of rotatable bonds is 9. The highest BCUT2D eigenvalue weighted by Gasteiger charge is 2.04. The largest absolute Gasteiger partial charge is 0.479 e. The maximum absolute atomic E-state index is 8.69. The predicted octanol–water partition coefficient (Wildman–Crippen LogP) is 2.40. The van der Waals surface area contributed by atoms with E-state index in [9.17, 15) is 0 Å². The van der Waals surface area contributed by atoms with Gasteiger partial charge >= 0.3 is 0 Å². The van der Waals surface area contributed by atoms with Gasteiger partial charge in [0.05, 0.1) is 0 Å². The fourth-order valence-corrected chi connectivity index (χ4v) is 1.82. The number of hydrogen-bond acceptors (Lipinski definition) is 4. The van der Waals surface area contributed by atoms with Crippen molar-refractivity contribution in [3.05, 3.63) is 29.8 Å². The molecule has 0 heterocycles. The molecule has 1 aromatic carbocycles. The molecule has 2 N–H and O–H groups in total. The molecule has 0 spiro atoms. The molecule has 104 valence electrons. The summed E-state index contributed by atoms with van der Waals surface area (Å²) in [5.41, 5.74) is 1.20. The summed E-state index contributed by atoms with van der Waals surface area (Å²) in [6.45, 7) is 3.43. The molecule has 1 aromatic rings. The van der Waals surface area contributed by atoms with Gasteiger partial charge in [-0.2, -0.15) is 5.26 Å². The van der Waals surface area contributed by atoms with Crippen LogP contribution in [-0.4, -0.2) is 24.9 Å². The molecular formula is C15H22N2O2. The third-order valence-electron chi connectivity index (χ3n) is 2.97. The standard InChI is InChI=1S/C15H22N2O2/c1-13(17-10-3-2-4-11-18)14-5-7-15(8-6-14)19-12-9-16/h5-8,13,17-18H,2-4,10-12H2,1H3. The molecular weight excluding hydrogens is 240 g/mol. The number of benzene rings is 1. The fourth-order valence-electron chi connectivity index (χ4n) is 1.82. The first kappa shape index (κ1) is 15.5. The molecule has 0 radical (unpaired) electrons. The van der Waals surface area contributed by atoms with Crippen LogP contribution in [-0.2, 0) is 0 Å². The monoisotopic (exact) mass is 262 g/mol. The van der Waals surface area contributed by atoms with Gasteiger partial charge in [0.2, 0.25) is 0 Å². The first-order valence-corrected chi connectivity index (χ1v) is 6.72. The van der Waals surface area contributed by atoms with Gasteiger partial charge in [0.25, 0.3) is 0 Å². The number of nitriles is 1. The summed E-state index contributed by atoms with van der Waals surface area (Å²) in [5, 5.41) is 20.6. The van der Waals surface area contributed by atoms with E-state index < -0.39 is 0 Å². The van der Waals surface area contributed by atoms with Gasteiger partial charge < -0.3 is 15.2 Å². The van der Waals surface area contributed by atoms with E-state index in [0.717, 1.165) is 31.6 Å². The van der Waals surface area contributed by atoms with Gasteiger partial charge in [-0.05, 0) is 50.4 Å². The first-order chi connectivity index (χ1) is 9.27. The Morgan fingerprint density at radius 3 is 2.63 bits per heavy atom. The number of ether oxygens (including phenoxy) is 1. The Balaban J connectivity index is 2.32. The average molecular weight is 262 g/mol. The second-order valence-electron chi connectivity index (χ2n) is 4.48. The zero-order chi connectivity index (χ0) is 13.9. The lowest BCUT2D eigenvalue weighted by Gasteiger charge is -2.14. The maximum atomic E-state index is 8.69. The molecule has 0 saturated carbocycles. The van der Waals surface area contributed by atoms with Gasteiger partial charge in [-0.1, -0.05) is 12.1 Å². The van der Waals surface area contributed by atoms with Gasteiger partial charge in [0.1, 0.15) is 11.8 Å². The Bertz CT molecular complexity index is 384. The van der Waals surface area contributed by atoms with Crippen molar-refractivity contribution in [2.45, 2.75) is 32.2 Å². The van der Waals surface area contributed by atoms with Crippen LogP contribution in [0.25, 0.3) is 0 Å². The van der Waals surface area contributed by atoms with Crippen molar-refractivity contribution < 1.29 is 9.84 Å². The van der Waals surface area contributed by atoms with Crippen LogP contribution in [0.3, 0.4) is 0 Å². The van der Waals surface area contributed by atoms with Crippen LogP contribution >= 0.6 is 0 Å². The zero-order valence-electron chi connectivity index (χ0n) is 11.4. The summed E-state index contributed by atoms with van der Waals surface area (Å²) >= 11 is 0. The third-order valence-corrected chi connectivity index (χ3v) is 2.97. The molecule has 0 aromatic heterocycles. The second kappa shape index (κ2) is 9.37. The smallest absolute Gasteiger partial charge is 0.174 e. The number of hydrogen-bond donors (Lipinski definition) is 2. The quantitative estimate of drug-likeness (QED) is 0.671. The van der Waals surface area contributed by atoms with Crippen molar-refractivity contribution in [1.29, 1.82) is 5.26 Å². The predicted molar refractivity (Wildman–Crippen MR) is 74.9 cm³/mol. The molecule has 1 atom stereocenters. The minimum atomic E-state index is 0.0814. The van der Waals surface area contributed by atoms with Crippen LogP contribution in [0.4, 0.5) is 0 Å². The van der Waals surface area contributed by atoms with Gasteiger partial charge in [-0.15, -0.1) is 0 Å². The molecule has 19 heavy (non-hydrogen) atoms. The number of unbranched alkanes of at least 4 members (excludes halogenated alkanes) is 2. The molecule has 0 bridgehead atoms. The van der Waals surface area contributed by atoms with Crippen molar-refractivity contribution in [3.8, 4) is 11.8 Å². The van der Waals surface area contributed by atoms with Crippen molar-refractivity contribution >= 4 is 0 Å². The first-order valence-electron chi connectivity index (χ1n) is 6.72. The van der Waals surface area contributed by atoms with E-state index in [4.69, 9.17) is 15.1 Å². The van der Waals surface area contributed by atoms with Crippen molar-refractivity contribution in [2.24, 2.45) is 0 Å². The Hall–Kier alpha value is -1.57. The van der Waals surface area contributed by atoms with Crippen molar-refractivity contribution in [3.63, 3.8) is 0 Å². The van der Waals surface area contributed by atoms with Crippen LogP contribution in [0.2, 0.25) is 0 Å². The van der Waals surface area contributed by atoms with Crippen LogP contribution in [0, 0.1) is 11.3 Å². The van der Waals surface area contributed by atoms with Crippen LogP contribution in [0.5, 0.6) is 5.75 Å². The van der Waals surface area contributed by atoms with E-state index in [1.165, 1.54) is 5.56 Å². The molecule has 0 fully saturated rings. The summed E-state index contributed by atoms with van der Waals surface area (Å²) in [6.07, 6.45) is 3.01. The molecule has 0 aliphatic rings. The number of nitrogens with one attached hydrogen (secondary N) is 1. The normalized spacial score (nSPS) is 11.8. The molecule has 0 aliphatic heterocycles. The highest BCUT2D eigenvalue weighted by atomic mass is 16.5. The Morgan fingerprint density at radius 1 is 1.26 bits per heavy atom. The topological polar surface area (TPSA) is 65.3 Å². The Kier molecular flexibility index (Phi) is 7.64. The Labute approximate surface area is 115 Å². The van der Waals surface area contributed by atoms with Crippen LogP contribution < -0.4 is 10.1 Å². The maximum Gasteiger partial charge on any atom is 0.174 e. The second-order valence-corrected chi connectivity index (χ2v) is 4.48. The fraction of sp³-hybridized carbons (Fsp3) is 0.533. The van der Waals surface area contributed by atoms with Gasteiger partial charge in [0, 0.05) is 12.6 Å². The molecule has 4 heteroatoms. The summed E-state index contributed by atoms with van der Waals surface area (Å²) in [7, 11) is 0. The molecule has 0 saturated heterocycles. The van der Waals surface area contributed by atoms with Crippen LogP contribution in [0.15, 0.2) is 24.3 Å². The van der Waals surface area contributed by atoms with E-state index in [1.54, 1.807) is 0 Å². The summed E-state index contributed by atoms with van der Waals surface area (Å²) < 4.78 is 5.21. The van der Waals surface area contributed by atoms with E-state index in [2.05, 4.69) is 12.2 Å². The minimum absolute atomic E-state index is 0.0814. The molecule has 1 rings (SSSR count). The zero-order valence-corrected chi connectivity index (χ0v) is 11.4. The summed E-state index contributed by atoms with van der Waals surface area (Å²) in [4.78, 5) is 0. The summed E-state index contributed by atoms with van der Waals surface area (Å²) in [5.74, 6) is 0.723. The number of aliphatic hydroxyl groups is 1. The molecule has 4 nitrogen and oxygen atoms in total. The van der Waals surface area contributed by atoms with Gasteiger partial charge in [-0.25, -0.2) is 0 Å². The van der Waals surface area contributed by atoms with E-state index in [1.807, 2.05) is 30.3 Å². The Morgan fingerprint density at radius 2 is 2.00 bits per heavy atom. The van der Waals surface area contributed by atoms with Gasteiger partial charge in [-0.3, -0.25) is 0 Å². The summed E-state index contributed by atoms with van der Waals surface area (Å²) in [6, 6.07) is 10.0. The number of nitrogens with zero attached hydrogens (tertiary/aromatic N) is 1. The molecule has 0 amide bonds. The lowest BCUT2D eigenvalue weighted by atomic mass is 10.1. The average Bonchev–Trinajstić information content (AvgIpc) is 2.45. The lowest BCUT2D eigenvalue weighted by Crippen LogP contribution is -2.19. The van der Waals surface area contributed by atoms with Crippen LogP contribution in [0.1, 0.15) is 37.8 Å². The van der Waals surface area contributed by atoms with E-state index >= 15 is 0 Å². The van der Waals surface area contributed by atoms with Crippen molar-refractivity contribution in [2.75, 3.05) is 19.8 Å². The van der Waals surface area contributed by atoms with Crippen molar-refractivity contribution in [1.82, 2.24) is 5.32 Å². The minimum Gasteiger partial charge on any atom is -0.479 e.